The lowest BCUT2D eigenvalue weighted by atomic mass is 10.0. The van der Waals surface area contributed by atoms with Crippen molar-refractivity contribution in [2.45, 2.75) is 13.8 Å². The van der Waals surface area contributed by atoms with Gasteiger partial charge in [0.25, 0.3) is 5.56 Å². The van der Waals surface area contributed by atoms with Crippen molar-refractivity contribution in [2.24, 2.45) is 7.05 Å². The maximum Gasteiger partial charge on any atom is 0.271 e. The molecule has 0 unspecified atom stereocenters. The number of nitriles is 1. The number of hydrogen-bond acceptors (Lipinski definition) is 5. The van der Waals surface area contributed by atoms with E-state index in [0.29, 0.717) is 5.75 Å². The lowest BCUT2D eigenvalue weighted by Crippen LogP contribution is -2.25. The number of hydrogen-bond donors (Lipinski definition) is 1. The highest BCUT2D eigenvalue weighted by Gasteiger charge is 2.22. The molecule has 0 aliphatic carbocycles. The number of aromatic hydroxyl groups is 1. The summed E-state index contributed by atoms with van der Waals surface area (Å²) in [5.74, 6) is -0.413. The van der Waals surface area contributed by atoms with Crippen molar-refractivity contribution in [2.75, 3.05) is 6.61 Å². The summed E-state index contributed by atoms with van der Waals surface area (Å²) >= 11 is 0. The van der Waals surface area contributed by atoms with E-state index in [1.807, 2.05) is 19.1 Å². The standard InChI is InChI=1S/C17H16N2O4/c1-10-6-4-5-7-14(10)23-9-13(20)15-11(2)12(8-18)16(21)19(3)17(15)22/h4-7,22H,9H2,1-3H3. The first-order valence-electron chi connectivity index (χ1n) is 6.92. The first kappa shape index (κ1) is 16.3. The number of carbonyl (C=O) groups excluding carboxylic acids is 1. The number of benzene rings is 1. The monoisotopic (exact) mass is 312 g/mol. The van der Waals surface area contributed by atoms with Crippen LogP contribution in [0, 0.1) is 25.2 Å². The lowest BCUT2D eigenvalue weighted by molar-refractivity contribution is 0.0916. The van der Waals surface area contributed by atoms with Crippen LogP contribution in [0.1, 0.15) is 27.0 Å². The van der Waals surface area contributed by atoms with Crippen molar-refractivity contribution in [1.29, 1.82) is 5.26 Å². The SMILES string of the molecule is Cc1ccccc1OCC(=O)c1c(C)c(C#N)c(=O)n(C)c1O. The van der Waals surface area contributed by atoms with Crippen molar-refractivity contribution >= 4 is 5.78 Å². The molecule has 0 atom stereocenters. The van der Waals surface area contributed by atoms with E-state index in [9.17, 15) is 14.7 Å². The molecule has 2 aromatic rings. The van der Waals surface area contributed by atoms with Gasteiger partial charge in [0.15, 0.2) is 6.61 Å². The van der Waals surface area contributed by atoms with E-state index in [-0.39, 0.29) is 23.3 Å². The van der Waals surface area contributed by atoms with Crippen LogP contribution in [-0.2, 0) is 7.05 Å². The van der Waals surface area contributed by atoms with Crippen molar-refractivity contribution in [3.8, 4) is 17.7 Å². The maximum atomic E-state index is 12.4. The van der Waals surface area contributed by atoms with Crippen LogP contribution in [0.3, 0.4) is 0 Å². The summed E-state index contributed by atoms with van der Waals surface area (Å²) in [7, 11) is 1.30. The summed E-state index contributed by atoms with van der Waals surface area (Å²) in [6.07, 6.45) is 0. The number of pyridine rings is 1. The largest absolute Gasteiger partial charge is 0.494 e. The molecule has 6 heteroatoms. The van der Waals surface area contributed by atoms with Crippen molar-refractivity contribution < 1.29 is 14.6 Å². The van der Waals surface area contributed by atoms with Crippen molar-refractivity contribution in [3.63, 3.8) is 0 Å². The van der Waals surface area contributed by atoms with Crippen molar-refractivity contribution in [3.05, 3.63) is 56.9 Å². The molecule has 0 aliphatic rings. The number of Topliss-reactive ketones (excluding diaryl/α,β-unsaturated/α-hetero) is 1. The number of aromatic nitrogens is 1. The molecule has 6 nitrogen and oxygen atoms in total. The third-order valence-electron chi connectivity index (χ3n) is 3.65. The van der Waals surface area contributed by atoms with E-state index in [0.717, 1.165) is 10.1 Å². The lowest BCUT2D eigenvalue weighted by Gasteiger charge is -2.13. The molecule has 118 valence electrons. The molecule has 0 radical (unpaired) electrons. The second-order valence-electron chi connectivity index (χ2n) is 5.15. The summed E-state index contributed by atoms with van der Waals surface area (Å²) < 4.78 is 6.36. The second kappa shape index (κ2) is 6.36. The molecule has 0 spiro atoms. The van der Waals surface area contributed by atoms with Gasteiger partial charge in [-0.25, -0.2) is 0 Å². The van der Waals surface area contributed by atoms with Gasteiger partial charge in [-0.2, -0.15) is 5.26 Å². The Bertz CT molecular complexity index is 875. The van der Waals surface area contributed by atoms with Crippen LogP contribution in [0.4, 0.5) is 0 Å². The number of nitrogens with zero attached hydrogens (tertiary/aromatic N) is 2. The second-order valence-corrected chi connectivity index (χ2v) is 5.15. The highest BCUT2D eigenvalue weighted by Crippen LogP contribution is 2.22. The Morgan fingerprint density at radius 2 is 2.00 bits per heavy atom. The summed E-state index contributed by atoms with van der Waals surface area (Å²) in [5, 5.41) is 19.2. The Morgan fingerprint density at radius 1 is 1.35 bits per heavy atom. The van der Waals surface area contributed by atoms with Gasteiger partial charge in [-0.05, 0) is 31.0 Å². The number of para-hydroxylation sites is 1. The van der Waals surface area contributed by atoms with E-state index in [1.54, 1.807) is 18.2 Å². The summed E-state index contributed by atoms with van der Waals surface area (Å²) in [6, 6.07) is 9.00. The van der Waals surface area contributed by atoms with E-state index in [2.05, 4.69) is 0 Å². The highest BCUT2D eigenvalue weighted by molar-refractivity contribution is 6.01. The minimum Gasteiger partial charge on any atom is -0.494 e. The number of ketones is 1. The molecule has 0 saturated carbocycles. The average Bonchev–Trinajstić information content (AvgIpc) is 2.53. The van der Waals surface area contributed by atoms with Crippen LogP contribution in [0.5, 0.6) is 11.6 Å². The normalized spacial score (nSPS) is 10.2. The maximum absolute atomic E-state index is 12.4. The van der Waals surface area contributed by atoms with Gasteiger partial charge in [0.05, 0.1) is 5.56 Å². The fourth-order valence-corrected chi connectivity index (χ4v) is 2.28. The number of carbonyl (C=O) groups is 1. The topological polar surface area (TPSA) is 92.3 Å². The van der Waals surface area contributed by atoms with Gasteiger partial charge in [-0.15, -0.1) is 0 Å². The van der Waals surface area contributed by atoms with E-state index >= 15 is 0 Å². The number of ether oxygens (including phenoxy) is 1. The van der Waals surface area contributed by atoms with Crippen LogP contribution in [0.15, 0.2) is 29.1 Å². The quantitative estimate of drug-likeness (QED) is 0.870. The highest BCUT2D eigenvalue weighted by atomic mass is 16.5. The van der Waals surface area contributed by atoms with Crippen LogP contribution < -0.4 is 10.3 Å². The van der Waals surface area contributed by atoms with Crippen LogP contribution in [0.2, 0.25) is 0 Å². The van der Waals surface area contributed by atoms with E-state index in [4.69, 9.17) is 10.00 Å². The van der Waals surface area contributed by atoms with Gasteiger partial charge >= 0.3 is 0 Å². The molecule has 1 aromatic carbocycles. The van der Waals surface area contributed by atoms with Gasteiger partial charge in [0.2, 0.25) is 11.7 Å². The number of aryl methyl sites for hydroxylation is 1. The zero-order valence-corrected chi connectivity index (χ0v) is 13.1. The third-order valence-corrected chi connectivity index (χ3v) is 3.65. The van der Waals surface area contributed by atoms with Gasteiger partial charge < -0.3 is 9.84 Å². The molecular weight excluding hydrogens is 296 g/mol. The molecular formula is C17H16N2O4. The molecule has 2 rings (SSSR count). The fraction of sp³-hybridized carbons (Fsp3) is 0.235. The smallest absolute Gasteiger partial charge is 0.271 e. The first-order valence-corrected chi connectivity index (χ1v) is 6.92. The van der Waals surface area contributed by atoms with Crippen LogP contribution in [0.25, 0.3) is 0 Å². The fourth-order valence-electron chi connectivity index (χ4n) is 2.28. The molecule has 0 saturated heterocycles. The Kier molecular flexibility index (Phi) is 4.51. The van der Waals surface area contributed by atoms with E-state index < -0.39 is 17.2 Å². The molecule has 0 bridgehead atoms. The minimum absolute atomic E-state index is 0.0720. The molecule has 0 fully saturated rings. The van der Waals surface area contributed by atoms with Gasteiger partial charge in [-0.1, -0.05) is 18.2 Å². The van der Waals surface area contributed by atoms with Gasteiger partial charge in [0, 0.05) is 7.05 Å². The predicted octanol–water partition coefficient (Wildman–Crippen LogP) is 1.84. The molecule has 1 aromatic heterocycles. The molecule has 1 N–H and O–H groups in total. The summed E-state index contributed by atoms with van der Waals surface area (Å²) in [6.45, 7) is 3.01. The average molecular weight is 312 g/mol. The van der Waals surface area contributed by atoms with Crippen molar-refractivity contribution in [1.82, 2.24) is 4.57 Å². The Morgan fingerprint density at radius 3 is 2.61 bits per heavy atom. The molecule has 1 heterocycles. The molecule has 23 heavy (non-hydrogen) atoms. The van der Waals surface area contributed by atoms with E-state index in [1.165, 1.54) is 14.0 Å². The van der Waals surface area contributed by atoms with Crippen LogP contribution >= 0.6 is 0 Å². The predicted molar refractivity (Wildman–Crippen MR) is 83.8 cm³/mol. The van der Waals surface area contributed by atoms with Crippen LogP contribution in [-0.4, -0.2) is 22.1 Å². The summed E-state index contributed by atoms with van der Waals surface area (Å²) in [4.78, 5) is 24.3. The minimum atomic E-state index is -0.640. The third kappa shape index (κ3) is 2.94. The van der Waals surface area contributed by atoms with Gasteiger partial charge in [-0.3, -0.25) is 14.2 Å². The zero-order chi connectivity index (χ0) is 17.1. The first-order chi connectivity index (χ1) is 10.9. The Balaban J connectivity index is 2.37. The number of rotatable bonds is 4. The Hall–Kier alpha value is -3.07. The van der Waals surface area contributed by atoms with Gasteiger partial charge in [0.1, 0.15) is 17.4 Å². The molecule has 0 aliphatic heterocycles. The summed E-state index contributed by atoms with van der Waals surface area (Å²) in [5.41, 5.74) is 0.159. The zero-order valence-electron chi connectivity index (χ0n) is 13.1. The Labute approximate surface area is 133 Å². The molecule has 0 amide bonds.